The Balaban J connectivity index is 2.43. The van der Waals surface area contributed by atoms with Gasteiger partial charge in [0.25, 0.3) is 5.91 Å². The number of amides is 1. The Kier molecular flexibility index (Phi) is 3.46. The number of aliphatic hydroxyl groups excluding tert-OH is 1. The van der Waals surface area contributed by atoms with E-state index in [-0.39, 0.29) is 24.7 Å². The monoisotopic (exact) mass is 201 g/mol. The predicted molar refractivity (Wildman–Crippen MR) is 47.6 cm³/mol. The molecule has 1 atom stereocenters. The largest absolute Gasteiger partial charge is 0.370 e. The Hall–Kier alpha value is -1.10. The summed E-state index contributed by atoms with van der Waals surface area (Å²) >= 11 is 0. The van der Waals surface area contributed by atoms with Crippen LogP contribution in [0.4, 0.5) is 0 Å². The normalized spacial score (nSPS) is 21.9. The molecule has 1 aliphatic rings. The Morgan fingerprint density at radius 1 is 1.71 bits per heavy atom. The number of carbonyl (C=O) groups excluding carboxylic acids is 2. The van der Waals surface area contributed by atoms with Gasteiger partial charge in [0.15, 0.2) is 6.23 Å². The van der Waals surface area contributed by atoms with Gasteiger partial charge in [0.05, 0.1) is 6.42 Å². The van der Waals surface area contributed by atoms with Crippen LogP contribution >= 0.6 is 0 Å². The first kappa shape index (κ1) is 11.0. The molecule has 0 aromatic heterocycles. The molecule has 0 saturated carbocycles. The lowest BCUT2D eigenvalue weighted by Crippen LogP contribution is -2.35. The molecule has 1 amide bonds. The van der Waals surface area contributed by atoms with E-state index in [2.05, 4.69) is 0 Å². The van der Waals surface area contributed by atoms with E-state index in [9.17, 15) is 14.7 Å². The molecule has 1 aliphatic heterocycles. The third-order valence-corrected chi connectivity index (χ3v) is 1.91. The highest BCUT2D eigenvalue weighted by molar-refractivity contribution is 5.79. The molecule has 1 unspecified atom stereocenters. The fraction of sp³-hybridized carbons (Fsp3) is 0.778. The first-order valence-electron chi connectivity index (χ1n) is 4.71. The molecule has 1 heterocycles. The van der Waals surface area contributed by atoms with Gasteiger partial charge in [-0.1, -0.05) is 13.8 Å². The molecule has 0 radical (unpaired) electrons. The van der Waals surface area contributed by atoms with Crippen LogP contribution in [0.3, 0.4) is 0 Å². The van der Waals surface area contributed by atoms with Crippen LogP contribution in [0.1, 0.15) is 33.1 Å². The minimum Gasteiger partial charge on any atom is -0.370 e. The molecule has 1 saturated heterocycles. The van der Waals surface area contributed by atoms with Crippen molar-refractivity contribution in [2.75, 3.05) is 0 Å². The zero-order valence-electron chi connectivity index (χ0n) is 8.40. The second-order valence-electron chi connectivity index (χ2n) is 3.80. The van der Waals surface area contributed by atoms with E-state index < -0.39 is 12.2 Å². The van der Waals surface area contributed by atoms with E-state index in [0.717, 1.165) is 5.06 Å². The van der Waals surface area contributed by atoms with Gasteiger partial charge in [-0.25, -0.2) is 4.79 Å². The van der Waals surface area contributed by atoms with Crippen LogP contribution in [0, 0.1) is 5.92 Å². The molecule has 80 valence electrons. The molecule has 5 nitrogen and oxygen atoms in total. The van der Waals surface area contributed by atoms with Gasteiger partial charge in [-0.05, 0) is 5.92 Å². The summed E-state index contributed by atoms with van der Waals surface area (Å²) in [5.74, 6) is -0.638. The summed E-state index contributed by atoms with van der Waals surface area (Å²) in [6.45, 7) is 3.76. The van der Waals surface area contributed by atoms with E-state index >= 15 is 0 Å². The number of hydrogen-bond acceptors (Lipinski definition) is 4. The van der Waals surface area contributed by atoms with E-state index in [0.29, 0.717) is 6.42 Å². The van der Waals surface area contributed by atoms with Crippen molar-refractivity contribution in [3.8, 4) is 0 Å². The molecule has 0 spiro atoms. The summed E-state index contributed by atoms with van der Waals surface area (Å²) < 4.78 is 0. The maximum absolute atomic E-state index is 11.2. The first-order valence-corrected chi connectivity index (χ1v) is 4.71. The number of hydroxylamine groups is 2. The maximum Gasteiger partial charge on any atom is 0.332 e. The average molecular weight is 201 g/mol. The van der Waals surface area contributed by atoms with E-state index in [1.807, 2.05) is 13.8 Å². The Morgan fingerprint density at radius 2 is 2.36 bits per heavy atom. The highest BCUT2D eigenvalue weighted by Gasteiger charge is 2.32. The second-order valence-corrected chi connectivity index (χ2v) is 3.80. The van der Waals surface area contributed by atoms with Crippen LogP contribution in [-0.4, -0.2) is 28.3 Å². The summed E-state index contributed by atoms with van der Waals surface area (Å²) in [6.07, 6.45) is -0.168. The van der Waals surface area contributed by atoms with Gasteiger partial charge in [-0.2, -0.15) is 0 Å². The van der Waals surface area contributed by atoms with Crippen molar-refractivity contribution in [2.45, 2.75) is 39.3 Å². The molecule has 1 rings (SSSR count). The fourth-order valence-electron chi connectivity index (χ4n) is 1.24. The van der Waals surface area contributed by atoms with Gasteiger partial charge < -0.3 is 9.94 Å². The number of rotatable bonds is 3. The number of aliphatic hydroxyl groups is 1. The SMILES string of the molecule is CC(C)CC(=O)ON1C(=O)CCC1O. The van der Waals surface area contributed by atoms with Crippen LogP contribution in [0.2, 0.25) is 0 Å². The van der Waals surface area contributed by atoms with Gasteiger partial charge in [0, 0.05) is 12.8 Å². The Bertz CT molecular complexity index is 239. The summed E-state index contributed by atoms with van der Waals surface area (Å²) in [7, 11) is 0. The van der Waals surface area contributed by atoms with Crippen molar-refractivity contribution in [1.29, 1.82) is 0 Å². The molecule has 0 aliphatic carbocycles. The van der Waals surface area contributed by atoms with Crippen LogP contribution in [0.5, 0.6) is 0 Å². The van der Waals surface area contributed by atoms with E-state index in [1.165, 1.54) is 0 Å². The lowest BCUT2D eigenvalue weighted by atomic mass is 10.1. The molecule has 0 aromatic rings. The molecule has 1 fully saturated rings. The summed E-state index contributed by atoms with van der Waals surface area (Å²) in [4.78, 5) is 27.0. The summed E-state index contributed by atoms with van der Waals surface area (Å²) in [6, 6.07) is 0. The first-order chi connectivity index (χ1) is 6.50. The average Bonchev–Trinajstić information content (AvgIpc) is 2.34. The van der Waals surface area contributed by atoms with Crippen molar-refractivity contribution in [2.24, 2.45) is 5.92 Å². The number of carbonyl (C=O) groups is 2. The smallest absolute Gasteiger partial charge is 0.332 e. The van der Waals surface area contributed by atoms with Gasteiger partial charge in [0.1, 0.15) is 0 Å². The molecular formula is C9H15NO4. The minimum atomic E-state index is -0.974. The molecule has 14 heavy (non-hydrogen) atoms. The molecule has 5 heteroatoms. The van der Waals surface area contributed by atoms with Crippen LogP contribution in [-0.2, 0) is 14.4 Å². The zero-order valence-corrected chi connectivity index (χ0v) is 8.40. The second kappa shape index (κ2) is 4.41. The highest BCUT2D eigenvalue weighted by Crippen LogP contribution is 2.17. The Labute approximate surface area is 82.6 Å². The van der Waals surface area contributed by atoms with Gasteiger partial charge >= 0.3 is 5.97 Å². The summed E-state index contributed by atoms with van der Waals surface area (Å²) in [5.41, 5.74) is 0. The molecular weight excluding hydrogens is 186 g/mol. The minimum absolute atomic E-state index is 0.178. The van der Waals surface area contributed by atoms with E-state index in [1.54, 1.807) is 0 Å². The quantitative estimate of drug-likeness (QED) is 0.719. The zero-order chi connectivity index (χ0) is 10.7. The lowest BCUT2D eigenvalue weighted by Gasteiger charge is -2.19. The molecule has 1 N–H and O–H groups in total. The van der Waals surface area contributed by atoms with Crippen LogP contribution < -0.4 is 0 Å². The lowest BCUT2D eigenvalue weighted by molar-refractivity contribution is -0.221. The third-order valence-electron chi connectivity index (χ3n) is 1.91. The van der Waals surface area contributed by atoms with Gasteiger partial charge in [0.2, 0.25) is 0 Å². The van der Waals surface area contributed by atoms with Crippen molar-refractivity contribution in [1.82, 2.24) is 5.06 Å². The van der Waals surface area contributed by atoms with Crippen molar-refractivity contribution < 1.29 is 19.5 Å². The predicted octanol–water partition coefficient (Wildman–Crippen LogP) is 0.431. The molecule has 0 bridgehead atoms. The number of nitrogens with zero attached hydrogens (tertiary/aromatic N) is 1. The fourth-order valence-corrected chi connectivity index (χ4v) is 1.24. The van der Waals surface area contributed by atoms with Crippen molar-refractivity contribution >= 4 is 11.9 Å². The van der Waals surface area contributed by atoms with Crippen molar-refractivity contribution in [3.63, 3.8) is 0 Å². The molecule has 0 aromatic carbocycles. The third kappa shape index (κ3) is 2.70. The maximum atomic E-state index is 11.2. The number of hydrogen-bond donors (Lipinski definition) is 1. The van der Waals surface area contributed by atoms with Gasteiger partial charge in [-0.3, -0.25) is 4.79 Å². The highest BCUT2D eigenvalue weighted by atomic mass is 16.7. The summed E-state index contributed by atoms with van der Waals surface area (Å²) in [5, 5.41) is 10.0. The van der Waals surface area contributed by atoms with Crippen LogP contribution in [0.25, 0.3) is 0 Å². The topological polar surface area (TPSA) is 66.8 Å². The van der Waals surface area contributed by atoms with Gasteiger partial charge in [-0.15, -0.1) is 5.06 Å². The van der Waals surface area contributed by atoms with Crippen molar-refractivity contribution in [3.05, 3.63) is 0 Å². The van der Waals surface area contributed by atoms with Crippen LogP contribution in [0.15, 0.2) is 0 Å². The standard InChI is InChI=1S/C9H15NO4/c1-6(2)5-9(13)14-10-7(11)3-4-8(10)12/h6-7,11H,3-5H2,1-2H3. The van der Waals surface area contributed by atoms with E-state index in [4.69, 9.17) is 4.84 Å². The Morgan fingerprint density at radius 3 is 2.79 bits per heavy atom.